The highest BCUT2D eigenvalue weighted by Crippen LogP contribution is 2.43. The van der Waals surface area contributed by atoms with E-state index in [1.54, 1.807) is 24.3 Å². The summed E-state index contributed by atoms with van der Waals surface area (Å²) in [6.45, 7) is 4.04. The molecule has 3 heterocycles. The van der Waals surface area contributed by atoms with Crippen LogP contribution in [0, 0.1) is 13.8 Å². The zero-order valence-electron chi connectivity index (χ0n) is 15.5. The van der Waals surface area contributed by atoms with Gasteiger partial charge in [-0.25, -0.2) is 0 Å². The van der Waals surface area contributed by atoms with Crippen LogP contribution >= 0.6 is 11.3 Å². The Hall–Kier alpha value is -3.12. The number of carbonyl (C=O) groups is 2. The Labute approximate surface area is 166 Å². The molecule has 1 unspecified atom stereocenters. The Bertz CT molecular complexity index is 1060. The van der Waals surface area contributed by atoms with E-state index in [4.69, 9.17) is 4.42 Å². The average molecular weight is 393 g/mol. The van der Waals surface area contributed by atoms with E-state index in [0.29, 0.717) is 11.3 Å². The molecule has 0 saturated carbocycles. The Morgan fingerprint density at radius 1 is 1.14 bits per heavy atom. The molecular formula is C22H19NO4S. The summed E-state index contributed by atoms with van der Waals surface area (Å²) in [6, 6.07) is 12.0. The summed E-state index contributed by atoms with van der Waals surface area (Å²) in [5.74, 6) is -0.889. The second-order valence-corrected chi connectivity index (χ2v) is 7.79. The highest BCUT2D eigenvalue weighted by molar-refractivity contribution is 7.10. The second kappa shape index (κ2) is 7.13. The number of carbonyl (C=O) groups excluding carboxylic acids is 2. The van der Waals surface area contributed by atoms with Crippen LogP contribution < -0.4 is 0 Å². The highest BCUT2D eigenvalue weighted by Gasteiger charge is 2.47. The van der Waals surface area contributed by atoms with E-state index >= 15 is 0 Å². The number of aryl methyl sites for hydroxylation is 2. The van der Waals surface area contributed by atoms with Crippen molar-refractivity contribution in [3.8, 4) is 0 Å². The van der Waals surface area contributed by atoms with Crippen LogP contribution in [0.1, 0.15) is 33.4 Å². The molecule has 0 radical (unpaired) electrons. The Kier molecular flexibility index (Phi) is 4.65. The van der Waals surface area contributed by atoms with Gasteiger partial charge in [0.2, 0.25) is 0 Å². The first kappa shape index (κ1) is 18.3. The van der Waals surface area contributed by atoms with Gasteiger partial charge < -0.3 is 14.4 Å². The van der Waals surface area contributed by atoms with Gasteiger partial charge in [0, 0.05) is 10.4 Å². The van der Waals surface area contributed by atoms with E-state index in [9.17, 15) is 14.7 Å². The van der Waals surface area contributed by atoms with Crippen molar-refractivity contribution in [3.63, 3.8) is 0 Å². The first-order chi connectivity index (χ1) is 13.5. The molecule has 0 bridgehead atoms. The van der Waals surface area contributed by atoms with Crippen molar-refractivity contribution in [2.45, 2.75) is 26.4 Å². The van der Waals surface area contributed by atoms with Gasteiger partial charge in [0.25, 0.3) is 11.7 Å². The third kappa shape index (κ3) is 3.05. The monoisotopic (exact) mass is 393 g/mol. The summed E-state index contributed by atoms with van der Waals surface area (Å²) in [4.78, 5) is 28.1. The normalized spacial score (nSPS) is 18.8. The topological polar surface area (TPSA) is 70.8 Å². The molecule has 1 aliphatic heterocycles. The number of likely N-dealkylation sites (tertiary alicyclic amines) is 1. The van der Waals surface area contributed by atoms with Gasteiger partial charge >= 0.3 is 0 Å². The fraction of sp³-hybridized carbons (Fsp3) is 0.182. The number of ketones is 1. The minimum atomic E-state index is -0.678. The molecule has 6 heteroatoms. The minimum Gasteiger partial charge on any atom is -0.507 e. The third-order valence-corrected chi connectivity index (χ3v) is 5.99. The Morgan fingerprint density at radius 3 is 2.50 bits per heavy atom. The fourth-order valence-corrected chi connectivity index (χ4v) is 4.46. The molecule has 3 aromatic rings. The number of hydrogen-bond acceptors (Lipinski definition) is 5. The Morgan fingerprint density at radius 2 is 1.89 bits per heavy atom. The lowest BCUT2D eigenvalue weighted by molar-refractivity contribution is -0.140. The van der Waals surface area contributed by atoms with Crippen LogP contribution in [0.4, 0.5) is 0 Å². The van der Waals surface area contributed by atoms with Gasteiger partial charge in [0.1, 0.15) is 17.6 Å². The van der Waals surface area contributed by atoms with Crippen LogP contribution in [0.5, 0.6) is 0 Å². The van der Waals surface area contributed by atoms with Gasteiger partial charge in [-0.3, -0.25) is 9.59 Å². The van der Waals surface area contributed by atoms with Crippen LogP contribution in [-0.4, -0.2) is 21.7 Å². The number of Topliss-reactive ketones (excluding diaryl/α,β-unsaturated/α-hetero) is 1. The number of furan rings is 1. The zero-order chi connectivity index (χ0) is 19.8. The molecule has 0 aliphatic carbocycles. The van der Waals surface area contributed by atoms with E-state index in [0.717, 1.165) is 16.0 Å². The maximum atomic E-state index is 12.9. The van der Waals surface area contributed by atoms with Gasteiger partial charge in [0.15, 0.2) is 0 Å². The molecule has 28 heavy (non-hydrogen) atoms. The standard InChI is InChI=1S/C22H19NO4S/c1-13-5-7-15(8-6-13)19(24)17-18(21-14(2)9-11-28-21)23(22(26)20(17)25)12-16-4-3-10-27-16/h3-11,18,24H,12H2,1-2H3/b19-17+. The van der Waals surface area contributed by atoms with E-state index in [1.807, 2.05) is 37.4 Å². The summed E-state index contributed by atoms with van der Waals surface area (Å²) in [7, 11) is 0. The minimum absolute atomic E-state index is 0.117. The van der Waals surface area contributed by atoms with Gasteiger partial charge in [-0.2, -0.15) is 0 Å². The van der Waals surface area contributed by atoms with Crippen molar-refractivity contribution in [1.29, 1.82) is 0 Å². The quantitative estimate of drug-likeness (QED) is 0.400. The lowest BCUT2D eigenvalue weighted by atomic mass is 9.98. The van der Waals surface area contributed by atoms with Crippen LogP contribution in [0.3, 0.4) is 0 Å². The van der Waals surface area contributed by atoms with Crippen molar-refractivity contribution < 1.29 is 19.1 Å². The maximum absolute atomic E-state index is 12.9. The predicted molar refractivity (Wildman–Crippen MR) is 107 cm³/mol. The average Bonchev–Trinajstić information content (AvgIpc) is 3.39. The summed E-state index contributed by atoms with van der Waals surface area (Å²) in [5.41, 5.74) is 2.64. The van der Waals surface area contributed by atoms with Crippen molar-refractivity contribution >= 4 is 28.8 Å². The summed E-state index contributed by atoms with van der Waals surface area (Å²) in [5, 5.41) is 12.9. The van der Waals surface area contributed by atoms with Gasteiger partial charge in [-0.1, -0.05) is 29.8 Å². The molecule has 5 nitrogen and oxygen atoms in total. The molecule has 142 valence electrons. The first-order valence-electron chi connectivity index (χ1n) is 8.89. The molecule has 1 amide bonds. The highest BCUT2D eigenvalue weighted by atomic mass is 32.1. The molecule has 1 atom stereocenters. The lowest BCUT2D eigenvalue weighted by Crippen LogP contribution is -2.28. The van der Waals surface area contributed by atoms with Crippen LogP contribution in [0.15, 0.2) is 64.1 Å². The summed E-state index contributed by atoms with van der Waals surface area (Å²) in [6.07, 6.45) is 1.53. The van der Waals surface area contributed by atoms with Crippen molar-refractivity contribution in [3.05, 3.63) is 87.0 Å². The molecule has 1 fully saturated rings. The summed E-state index contributed by atoms with van der Waals surface area (Å²) >= 11 is 1.46. The molecule has 2 aromatic heterocycles. The molecule has 4 rings (SSSR count). The van der Waals surface area contributed by atoms with E-state index in [2.05, 4.69) is 0 Å². The van der Waals surface area contributed by atoms with Gasteiger partial charge in [0.05, 0.1) is 18.4 Å². The number of aliphatic hydroxyl groups is 1. The lowest BCUT2D eigenvalue weighted by Gasteiger charge is -2.24. The van der Waals surface area contributed by atoms with E-state index in [-0.39, 0.29) is 17.9 Å². The molecule has 1 saturated heterocycles. The molecule has 1 aromatic carbocycles. The van der Waals surface area contributed by atoms with Crippen molar-refractivity contribution in [2.75, 3.05) is 0 Å². The molecular weight excluding hydrogens is 374 g/mol. The third-order valence-electron chi connectivity index (χ3n) is 4.92. The molecule has 0 spiro atoms. The molecule has 1 N–H and O–H groups in total. The zero-order valence-corrected chi connectivity index (χ0v) is 16.3. The van der Waals surface area contributed by atoms with Crippen LogP contribution in [0.25, 0.3) is 5.76 Å². The van der Waals surface area contributed by atoms with Gasteiger partial charge in [-0.05, 0) is 43.0 Å². The number of aliphatic hydroxyl groups excluding tert-OH is 1. The first-order valence-corrected chi connectivity index (χ1v) is 9.77. The number of amides is 1. The van der Waals surface area contributed by atoms with Crippen molar-refractivity contribution in [2.24, 2.45) is 0 Å². The van der Waals surface area contributed by atoms with Crippen LogP contribution in [0.2, 0.25) is 0 Å². The van der Waals surface area contributed by atoms with Gasteiger partial charge in [-0.15, -0.1) is 11.3 Å². The SMILES string of the molecule is Cc1ccc(/C(O)=C2\C(=O)C(=O)N(Cc3ccco3)C2c2sccc2C)cc1. The number of benzene rings is 1. The number of rotatable bonds is 4. The smallest absolute Gasteiger partial charge is 0.296 e. The van der Waals surface area contributed by atoms with E-state index in [1.165, 1.54) is 22.5 Å². The predicted octanol–water partition coefficient (Wildman–Crippen LogP) is 4.58. The second-order valence-electron chi connectivity index (χ2n) is 6.84. The molecule has 1 aliphatic rings. The number of thiophene rings is 1. The number of nitrogens with zero attached hydrogens (tertiary/aromatic N) is 1. The van der Waals surface area contributed by atoms with Crippen molar-refractivity contribution in [1.82, 2.24) is 4.90 Å². The van der Waals surface area contributed by atoms with E-state index < -0.39 is 17.7 Å². The Balaban J connectivity index is 1.87. The summed E-state index contributed by atoms with van der Waals surface area (Å²) < 4.78 is 5.39. The van der Waals surface area contributed by atoms with Crippen LogP contribution in [-0.2, 0) is 16.1 Å². The fourth-order valence-electron chi connectivity index (χ4n) is 3.42. The largest absolute Gasteiger partial charge is 0.507 e. The number of hydrogen-bond donors (Lipinski definition) is 1. The maximum Gasteiger partial charge on any atom is 0.296 e.